The van der Waals surface area contributed by atoms with Gasteiger partial charge in [0.2, 0.25) is 11.2 Å². The summed E-state index contributed by atoms with van der Waals surface area (Å²) in [5, 5.41) is 0.256. The van der Waals surface area contributed by atoms with Gasteiger partial charge in [-0.1, -0.05) is 0 Å². The first-order valence-electron chi connectivity index (χ1n) is 5.16. The van der Waals surface area contributed by atoms with E-state index in [2.05, 4.69) is 14.9 Å². The van der Waals surface area contributed by atoms with Gasteiger partial charge in [0.05, 0.1) is 0 Å². The Morgan fingerprint density at radius 1 is 1.38 bits per heavy atom. The van der Waals surface area contributed by atoms with Crippen LogP contribution in [0.5, 0.6) is 0 Å². The summed E-state index contributed by atoms with van der Waals surface area (Å²) >= 11 is 5.73. The van der Waals surface area contributed by atoms with Crippen molar-refractivity contribution >= 4 is 23.3 Å². The summed E-state index contributed by atoms with van der Waals surface area (Å²) in [5.41, 5.74) is 0. The predicted molar refractivity (Wildman–Crippen MR) is 61.5 cm³/mol. The number of carbonyl (C=O) groups excluding carboxylic acids is 1. The molecule has 86 valence electrons. The minimum Gasteiger partial charge on any atom is -0.353 e. The Bertz CT molecular complexity index is 390. The van der Waals surface area contributed by atoms with Crippen molar-refractivity contribution in [1.29, 1.82) is 0 Å². The molecule has 2 heterocycles. The van der Waals surface area contributed by atoms with Gasteiger partial charge in [-0.3, -0.25) is 4.79 Å². The highest BCUT2D eigenvalue weighted by molar-refractivity contribution is 6.28. The molecule has 0 radical (unpaired) electrons. The van der Waals surface area contributed by atoms with Crippen molar-refractivity contribution in [2.75, 3.05) is 31.1 Å². The Labute approximate surface area is 99.0 Å². The van der Waals surface area contributed by atoms with Gasteiger partial charge < -0.3 is 9.80 Å². The molecular weight excluding hydrogens is 228 g/mol. The molecule has 5 nitrogen and oxygen atoms in total. The van der Waals surface area contributed by atoms with Crippen molar-refractivity contribution in [2.45, 2.75) is 6.92 Å². The van der Waals surface area contributed by atoms with Gasteiger partial charge in [-0.2, -0.15) is 0 Å². The quantitative estimate of drug-likeness (QED) is 0.682. The molecule has 1 aliphatic heterocycles. The molecule has 0 saturated carbocycles. The molecule has 2 rings (SSSR count). The number of anilines is 1. The third-order valence-corrected chi connectivity index (χ3v) is 2.84. The number of hydrogen-bond donors (Lipinski definition) is 0. The molecular formula is C10H13ClN4O. The Hall–Kier alpha value is -1.36. The lowest BCUT2D eigenvalue weighted by atomic mass is 10.3. The zero-order chi connectivity index (χ0) is 11.5. The fourth-order valence-corrected chi connectivity index (χ4v) is 1.90. The highest BCUT2D eigenvalue weighted by Gasteiger charge is 2.19. The lowest BCUT2D eigenvalue weighted by Crippen LogP contribution is -2.48. The summed E-state index contributed by atoms with van der Waals surface area (Å²) in [6.07, 6.45) is 1.64. The number of nitrogens with zero attached hydrogens (tertiary/aromatic N) is 4. The van der Waals surface area contributed by atoms with Crippen LogP contribution in [-0.4, -0.2) is 47.0 Å². The molecule has 6 heteroatoms. The molecule has 0 aromatic carbocycles. The molecule has 0 aliphatic carbocycles. The molecule has 1 aliphatic rings. The first-order chi connectivity index (χ1) is 7.66. The van der Waals surface area contributed by atoms with Crippen LogP contribution in [0.2, 0.25) is 5.28 Å². The van der Waals surface area contributed by atoms with E-state index in [9.17, 15) is 4.79 Å². The molecule has 16 heavy (non-hydrogen) atoms. The van der Waals surface area contributed by atoms with Crippen molar-refractivity contribution in [3.63, 3.8) is 0 Å². The van der Waals surface area contributed by atoms with Crippen LogP contribution in [0.4, 0.5) is 5.82 Å². The van der Waals surface area contributed by atoms with Crippen LogP contribution in [0.15, 0.2) is 12.3 Å². The van der Waals surface area contributed by atoms with E-state index in [1.807, 2.05) is 11.0 Å². The third-order valence-electron chi connectivity index (χ3n) is 2.66. The van der Waals surface area contributed by atoms with Crippen LogP contribution in [0.25, 0.3) is 0 Å². The van der Waals surface area contributed by atoms with Gasteiger partial charge in [-0.15, -0.1) is 0 Å². The summed E-state index contributed by atoms with van der Waals surface area (Å²) in [6, 6.07) is 1.83. The van der Waals surface area contributed by atoms with E-state index in [1.54, 1.807) is 13.1 Å². The topological polar surface area (TPSA) is 49.3 Å². The Balaban J connectivity index is 2.01. The minimum atomic E-state index is 0.125. The summed E-state index contributed by atoms with van der Waals surface area (Å²) in [7, 11) is 0. The SMILES string of the molecule is CC(=O)N1CCN(c2ccnc(Cl)n2)CC1. The molecule has 1 amide bonds. The van der Waals surface area contributed by atoms with Crippen molar-refractivity contribution in [2.24, 2.45) is 0 Å². The molecule has 1 aromatic heterocycles. The number of piperazine rings is 1. The standard InChI is InChI=1S/C10H13ClN4O/c1-8(16)14-4-6-15(7-5-14)9-2-3-12-10(11)13-9/h2-3H,4-7H2,1H3. The van der Waals surface area contributed by atoms with E-state index in [1.165, 1.54) is 0 Å². The van der Waals surface area contributed by atoms with Crippen LogP contribution >= 0.6 is 11.6 Å². The number of hydrogen-bond acceptors (Lipinski definition) is 4. The number of halogens is 1. The summed E-state index contributed by atoms with van der Waals surface area (Å²) in [4.78, 5) is 23.1. The van der Waals surface area contributed by atoms with Crippen LogP contribution in [0, 0.1) is 0 Å². The maximum absolute atomic E-state index is 11.2. The molecule has 0 spiro atoms. The fraction of sp³-hybridized carbons (Fsp3) is 0.500. The molecule has 0 unspecified atom stereocenters. The number of carbonyl (C=O) groups is 1. The van der Waals surface area contributed by atoms with Gasteiger partial charge in [-0.05, 0) is 17.7 Å². The van der Waals surface area contributed by atoms with E-state index in [0.29, 0.717) is 0 Å². The van der Waals surface area contributed by atoms with Crippen molar-refractivity contribution in [1.82, 2.24) is 14.9 Å². The van der Waals surface area contributed by atoms with Crippen LogP contribution in [0.1, 0.15) is 6.92 Å². The molecule has 1 aromatic rings. The van der Waals surface area contributed by atoms with Crippen molar-refractivity contribution in [3.05, 3.63) is 17.5 Å². The second-order valence-corrected chi connectivity index (χ2v) is 4.02. The lowest BCUT2D eigenvalue weighted by Gasteiger charge is -2.34. The second kappa shape index (κ2) is 4.65. The average Bonchev–Trinajstić information content (AvgIpc) is 2.29. The second-order valence-electron chi connectivity index (χ2n) is 3.68. The lowest BCUT2D eigenvalue weighted by molar-refractivity contribution is -0.129. The Morgan fingerprint density at radius 2 is 2.06 bits per heavy atom. The monoisotopic (exact) mass is 240 g/mol. The molecule has 0 bridgehead atoms. The molecule has 1 fully saturated rings. The fourth-order valence-electron chi connectivity index (χ4n) is 1.75. The van der Waals surface area contributed by atoms with Gasteiger partial charge in [0.1, 0.15) is 5.82 Å². The van der Waals surface area contributed by atoms with E-state index in [4.69, 9.17) is 11.6 Å². The van der Waals surface area contributed by atoms with Crippen LogP contribution in [-0.2, 0) is 4.79 Å². The zero-order valence-corrected chi connectivity index (χ0v) is 9.81. The Morgan fingerprint density at radius 3 is 2.62 bits per heavy atom. The molecule has 1 saturated heterocycles. The maximum Gasteiger partial charge on any atom is 0.224 e. The average molecular weight is 241 g/mol. The van der Waals surface area contributed by atoms with Gasteiger partial charge in [0, 0.05) is 39.3 Å². The first kappa shape index (κ1) is 11.1. The zero-order valence-electron chi connectivity index (χ0n) is 9.06. The van der Waals surface area contributed by atoms with Gasteiger partial charge in [0.25, 0.3) is 0 Å². The normalized spacial score (nSPS) is 16.4. The summed E-state index contributed by atoms with van der Waals surface area (Å²) in [6.45, 7) is 4.63. The first-order valence-corrected chi connectivity index (χ1v) is 5.53. The number of amides is 1. The number of rotatable bonds is 1. The highest BCUT2D eigenvalue weighted by atomic mass is 35.5. The van der Waals surface area contributed by atoms with E-state index in [-0.39, 0.29) is 11.2 Å². The molecule has 0 atom stereocenters. The highest BCUT2D eigenvalue weighted by Crippen LogP contribution is 2.14. The maximum atomic E-state index is 11.2. The van der Waals surface area contributed by atoms with Crippen molar-refractivity contribution in [3.8, 4) is 0 Å². The molecule has 0 N–H and O–H groups in total. The minimum absolute atomic E-state index is 0.125. The van der Waals surface area contributed by atoms with Crippen LogP contribution in [0.3, 0.4) is 0 Å². The summed E-state index contributed by atoms with van der Waals surface area (Å²) in [5.74, 6) is 0.948. The van der Waals surface area contributed by atoms with Crippen LogP contribution < -0.4 is 4.90 Å². The number of aromatic nitrogens is 2. The van der Waals surface area contributed by atoms with Crippen molar-refractivity contribution < 1.29 is 4.79 Å². The van der Waals surface area contributed by atoms with E-state index < -0.39 is 0 Å². The van der Waals surface area contributed by atoms with E-state index in [0.717, 1.165) is 32.0 Å². The van der Waals surface area contributed by atoms with Gasteiger partial charge in [0.15, 0.2) is 0 Å². The van der Waals surface area contributed by atoms with E-state index >= 15 is 0 Å². The largest absolute Gasteiger partial charge is 0.353 e. The Kier molecular flexibility index (Phi) is 3.24. The third kappa shape index (κ3) is 2.41. The smallest absolute Gasteiger partial charge is 0.224 e. The predicted octanol–water partition coefficient (Wildman–Crippen LogP) is 0.798. The van der Waals surface area contributed by atoms with Gasteiger partial charge in [-0.25, -0.2) is 9.97 Å². The van der Waals surface area contributed by atoms with Gasteiger partial charge >= 0.3 is 0 Å². The summed E-state index contributed by atoms with van der Waals surface area (Å²) < 4.78 is 0.